The highest BCUT2D eigenvalue weighted by Crippen LogP contribution is 2.41. The van der Waals surface area contributed by atoms with E-state index in [9.17, 15) is 0 Å². The van der Waals surface area contributed by atoms with Crippen molar-refractivity contribution in [1.29, 1.82) is 0 Å². The average Bonchev–Trinajstić information content (AvgIpc) is 3.13. The first kappa shape index (κ1) is 17.3. The Bertz CT molecular complexity index is 848. The van der Waals surface area contributed by atoms with E-state index in [0.29, 0.717) is 24.0 Å². The van der Waals surface area contributed by atoms with E-state index in [1.165, 1.54) is 29.2 Å². The Hall–Kier alpha value is -2.13. The number of imidazole rings is 1. The van der Waals surface area contributed by atoms with Gasteiger partial charge in [-0.2, -0.15) is 0 Å². The van der Waals surface area contributed by atoms with E-state index in [-0.39, 0.29) is 0 Å². The van der Waals surface area contributed by atoms with Crippen LogP contribution in [-0.2, 0) is 17.9 Å². The zero-order chi connectivity index (χ0) is 18.0. The molecule has 3 heteroatoms. The van der Waals surface area contributed by atoms with Crippen LogP contribution in [0.5, 0.6) is 0 Å². The number of benzene rings is 2. The molecule has 0 radical (unpaired) electrons. The predicted molar refractivity (Wildman–Crippen MR) is 106 cm³/mol. The van der Waals surface area contributed by atoms with Crippen molar-refractivity contribution in [2.45, 2.75) is 52.4 Å². The van der Waals surface area contributed by atoms with E-state index >= 15 is 0 Å². The van der Waals surface area contributed by atoms with Crippen molar-refractivity contribution in [3.05, 3.63) is 66.7 Å². The van der Waals surface area contributed by atoms with Gasteiger partial charge >= 0.3 is 0 Å². The summed E-state index contributed by atoms with van der Waals surface area (Å²) in [4.78, 5) is 4.20. The third-order valence-corrected chi connectivity index (χ3v) is 5.78. The fourth-order valence-electron chi connectivity index (χ4n) is 4.39. The van der Waals surface area contributed by atoms with E-state index in [2.05, 4.69) is 72.1 Å². The minimum atomic E-state index is 0.310. The normalized spacial score (nSPS) is 22.5. The molecule has 0 N–H and O–H groups in total. The molecule has 26 heavy (non-hydrogen) atoms. The summed E-state index contributed by atoms with van der Waals surface area (Å²) < 4.78 is 8.69. The van der Waals surface area contributed by atoms with Crippen LogP contribution in [0, 0.1) is 11.3 Å². The maximum absolute atomic E-state index is 6.50. The standard InChI is InChI=1S/C23H28N2O/c1-23(2)11-10-22(20(14-23)15-25-13-12-24-17-25)26-16-19-8-5-7-18-6-3-4-9-21(18)19/h3-9,12-13,17,20,22H,10-11,14-16H2,1-2H3/t20-,22-/m0/s1. The van der Waals surface area contributed by atoms with Gasteiger partial charge in [0.25, 0.3) is 0 Å². The number of hydrogen-bond acceptors (Lipinski definition) is 2. The van der Waals surface area contributed by atoms with E-state index in [1.54, 1.807) is 0 Å². The molecular weight excluding hydrogens is 320 g/mol. The molecule has 2 atom stereocenters. The van der Waals surface area contributed by atoms with Crippen molar-refractivity contribution in [3.63, 3.8) is 0 Å². The monoisotopic (exact) mass is 348 g/mol. The molecule has 0 amide bonds. The smallest absolute Gasteiger partial charge is 0.0946 e. The third-order valence-electron chi connectivity index (χ3n) is 5.78. The third kappa shape index (κ3) is 3.83. The first-order valence-electron chi connectivity index (χ1n) is 9.65. The van der Waals surface area contributed by atoms with Crippen molar-refractivity contribution in [1.82, 2.24) is 9.55 Å². The molecular formula is C23H28N2O. The molecule has 3 nitrogen and oxygen atoms in total. The van der Waals surface area contributed by atoms with Crippen LogP contribution in [-0.4, -0.2) is 15.7 Å². The van der Waals surface area contributed by atoms with Crippen LogP contribution in [0.25, 0.3) is 10.8 Å². The molecule has 1 aliphatic carbocycles. The van der Waals surface area contributed by atoms with Crippen molar-refractivity contribution in [2.75, 3.05) is 0 Å². The fourth-order valence-corrected chi connectivity index (χ4v) is 4.39. The summed E-state index contributed by atoms with van der Waals surface area (Å²) in [7, 11) is 0. The molecule has 1 fully saturated rings. The van der Waals surface area contributed by atoms with Gasteiger partial charge in [0, 0.05) is 24.9 Å². The lowest BCUT2D eigenvalue weighted by Gasteiger charge is -2.40. The lowest BCUT2D eigenvalue weighted by Crippen LogP contribution is -2.37. The van der Waals surface area contributed by atoms with E-state index in [0.717, 1.165) is 13.0 Å². The van der Waals surface area contributed by atoms with Crippen LogP contribution < -0.4 is 0 Å². The summed E-state index contributed by atoms with van der Waals surface area (Å²) in [5.74, 6) is 0.530. The Morgan fingerprint density at radius 2 is 2.00 bits per heavy atom. The Balaban J connectivity index is 1.49. The summed E-state index contributed by atoms with van der Waals surface area (Å²) in [5, 5.41) is 2.59. The van der Waals surface area contributed by atoms with Gasteiger partial charge in [-0.25, -0.2) is 4.98 Å². The quantitative estimate of drug-likeness (QED) is 0.613. The molecule has 1 aromatic heterocycles. The summed E-state index contributed by atoms with van der Waals surface area (Å²) in [6.07, 6.45) is 9.72. The number of nitrogens with zero attached hydrogens (tertiary/aromatic N) is 2. The zero-order valence-electron chi connectivity index (χ0n) is 15.8. The summed E-state index contributed by atoms with van der Waals surface area (Å²) in [5.41, 5.74) is 1.68. The topological polar surface area (TPSA) is 27.1 Å². The lowest BCUT2D eigenvalue weighted by molar-refractivity contribution is -0.0515. The molecule has 0 saturated heterocycles. The largest absolute Gasteiger partial charge is 0.373 e. The van der Waals surface area contributed by atoms with Crippen LogP contribution in [0.3, 0.4) is 0 Å². The Morgan fingerprint density at radius 1 is 1.15 bits per heavy atom. The van der Waals surface area contributed by atoms with Gasteiger partial charge in [-0.05, 0) is 41.0 Å². The van der Waals surface area contributed by atoms with Crippen molar-refractivity contribution >= 4 is 10.8 Å². The zero-order valence-corrected chi connectivity index (χ0v) is 15.8. The number of hydrogen-bond donors (Lipinski definition) is 0. The molecule has 1 aliphatic rings. The molecule has 0 bridgehead atoms. The summed E-state index contributed by atoms with van der Waals surface area (Å²) >= 11 is 0. The SMILES string of the molecule is CC1(C)CC[C@H](OCc2cccc3ccccc23)[C@H](Cn2ccnc2)C1. The minimum absolute atomic E-state index is 0.310. The summed E-state index contributed by atoms with van der Waals surface area (Å²) in [6.45, 7) is 6.44. The number of fused-ring (bicyclic) bond motifs is 1. The van der Waals surface area contributed by atoms with E-state index in [1.807, 2.05) is 12.5 Å². The molecule has 0 unspecified atom stereocenters. The second kappa shape index (κ2) is 7.24. The first-order chi connectivity index (χ1) is 12.6. The number of rotatable bonds is 5. The van der Waals surface area contributed by atoms with Crippen LogP contribution in [0.4, 0.5) is 0 Å². The van der Waals surface area contributed by atoms with Crippen molar-refractivity contribution in [3.8, 4) is 0 Å². The van der Waals surface area contributed by atoms with Gasteiger partial charge in [-0.1, -0.05) is 56.3 Å². The van der Waals surface area contributed by atoms with Gasteiger partial charge in [-0.3, -0.25) is 0 Å². The van der Waals surface area contributed by atoms with Gasteiger partial charge in [0.1, 0.15) is 0 Å². The molecule has 136 valence electrons. The first-order valence-corrected chi connectivity index (χ1v) is 9.65. The maximum atomic E-state index is 6.50. The molecule has 0 aliphatic heterocycles. The fraction of sp³-hybridized carbons (Fsp3) is 0.435. The maximum Gasteiger partial charge on any atom is 0.0946 e. The van der Waals surface area contributed by atoms with Crippen LogP contribution in [0.15, 0.2) is 61.2 Å². The molecule has 1 heterocycles. The molecule has 4 rings (SSSR count). The molecule has 2 aromatic carbocycles. The average molecular weight is 348 g/mol. The van der Waals surface area contributed by atoms with Crippen molar-refractivity contribution < 1.29 is 4.74 Å². The van der Waals surface area contributed by atoms with Crippen LogP contribution in [0.1, 0.15) is 38.7 Å². The molecule has 1 saturated carbocycles. The van der Waals surface area contributed by atoms with Gasteiger partial charge in [-0.15, -0.1) is 0 Å². The Kier molecular flexibility index (Phi) is 4.82. The van der Waals surface area contributed by atoms with Gasteiger partial charge in [0.2, 0.25) is 0 Å². The van der Waals surface area contributed by atoms with Gasteiger partial charge in [0.05, 0.1) is 19.0 Å². The van der Waals surface area contributed by atoms with Crippen LogP contribution >= 0.6 is 0 Å². The van der Waals surface area contributed by atoms with Gasteiger partial charge in [0.15, 0.2) is 0 Å². The predicted octanol–water partition coefficient (Wildman–Crippen LogP) is 5.45. The Morgan fingerprint density at radius 3 is 2.85 bits per heavy atom. The highest BCUT2D eigenvalue weighted by Gasteiger charge is 2.35. The molecule has 0 spiro atoms. The van der Waals surface area contributed by atoms with E-state index < -0.39 is 0 Å². The lowest BCUT2D eigenvalue weighted by atomic mass is 9.70. The highest BCUT2D eigenvalue weighted by molar-refractivity contribution is 5.85. The highest BCUT2D eigenvalue weighted by atomic mass is 16.5. The van der Waals surface area contributed by atoms with E-state index in [4.69, 9.17) is 4.74 Å². The second-order valence-corrected chi connectivity index (χ2v) is 8.41. The number of aromatic nitrogens is 2. The number of ether oxygens (including phenoxy) is 1. The van der Waals surface area contributed by atoms with Gasteiger partial charge < -0.3 is 9.30 Å². The molecule has 3 aromatic rings. The van der Waals surface area contributed by atoms with Crippen LogP contribution in [0.2, 0.25) is 0 Å². The second-order valence-electron chi connectivity index (χ2n) is 8.41. The summed E-state index contributed by atoms with van der Waals surface area (Å²) in [6, 6.07) is 15.1. The Labute approximate surface area is 156 Å². The minimum Gasteiger partial charge on any atom is -0.373 e. The van der Waals surface area contributed by atoms with Crippen molar-refractivity contribution in [2.24, 2.45) is 11.3 Å².